The van der Waals surface area contributed by atoms with Crippen LogP contribution in [0.3, 0.4) is 0 Å². The third-order valence-electron chi connectivity index (χ3n) is 8.74. The molecule has 0 aliphatic carbocycles. The first-order valence-electron chi connectivity index (χ1n) is 19.1. The van der Waals surface area contributed by atoms with Crippen LogP contribution in [-0.4, -0.2) is 118 Å². The lowest BCUT2D eigenvalue weighted by atomic mass is 10.1. The minimum atomic E-state index is -0.750. The normalized spacial score (nSPS) is 11.1. The van der Waals surface area contributed by atoms with Crippen molar-refractivity contribution in [3.8, 4) is 23.0 Å². The quantitative estimate of drug-likeness (QED) is 0.0600. The number of fused-ring (bicyclic) bond motifs is 2. The zero-order valence-electron chi connectivity index (χ0n) is 36.3. The van der Waals surface area contributed by atoms with E-state index in [1.165, 1.54) is 0 Å². The standard InChI is InChI=1S/C20H26N6O2.C19H24N6O2S.2O2S/c1-6-8-9-28-25-20(27-5)15-11-14(7-2)17(21-12-15)19-22-16-10-13(3)23-24-18(16)26(19)4;1-6-13-10-14(19(26-4)24-27-7-8-28-5)11-20-16(13)18-21-15-9-12(2)22-23-17(15)25(18)3;2*1-3-2/h10-12H,6-9H2,1-5H3;9-11H,6-8H2,1-5H3;;/b25-20-;24-19-;;. The molecular weight excluding hydrogens is 861 g/mol. The molecule has 6 heterocycles. The maximum atomic E-state index is 8.29. The van der Waals surface area contributed by atoms with Gasteiger partial charge in [-0.3, -0.25) is 9.97 Å². The van der Waals surface area contributed by atoms with Crippen LogP contribution in [0.15, 0.2) is 47.0 Å². The second kappa shape index (κ2) is 26.3. The van der Waals surface area contributed by atoms with E-state index in [0.29, 0.717) is 25.0 Å². The fourth-order valence-corrected chi connectivity index (χ4v) is 5.97. The zero-order valence-corrected chi connectivity index (χ0v) is 38.7. The van der Waals surface area contributed by atoms with Crippen molar-refractivity contribution in [2.45, 2.75) is 60.3 Å². The van der Waals surface area contributed by atoms with Gasteiger partial charge in [-0.1, -0.05) is 27.2 Å². The van der Waals surface area contributed by atoms with Crippen LogP contribution in [0.4, 0.5) is 0 Å². The number of oxime groups is 2. The highest BCUT2D eigenvalue weighted by molar-refractivity contribution is 7.98. The number of rotatable bonds is 14. The first-order valence-corrected chi connectivity index (χ1v) is 21.9. The number of ether oxygens (including phenoxy) is 2. The van der Waals surface area contributed by atoms with Crippen LogP contribution in [0, 0.1) is 13.8 Å². The summed E-state index contributed by atoms with van der Waals surface area (Å²) in [7, 11) is 7.00. The van der Waals surface area contributed by atoms with Crippen LogP contribution >= 0.6 is 11.8 Å². The highest BCUT2D eigenvalue weighted by Gasteiger charge is 2.19. The molecule has 6 rings (SSSR count). The molecule has 0 aliphatic heterocycles. The summed E-state index contributed by atoms with van der Waals surface area (Å²) in [6.45, 7) is 11.2. The van der Waals surface area contributed by atoms with Crippen molar-refractivity contribution >= 4 is 69.0 Å². The lowest BCUT2D eigenvalue weighted by Gasteiger charge is -2.10. The maximum absolute atomic E-state index is 8.29. The molecule has 0 saturated heterocycles. The van der Waals surface area contributed by atoms with Gasteiger partial charge in [0.15, 0.2) is 22.9 Å². The Hall–Kier alpha value is -6.07. The van der Waals surface area contributed by atoms with E-state index in [1.54, 1.807) is 38.4 Å². The summed E-state index contributed by atoms with van der Waals surface area (Å²) >= 11 is 0.200. The smallest absolute Gasteiger partial charge is 0.335 e. The van der Waals surface area contributed by atoms with Gasteiger partial charge in [-0.25, -0.2) is 9.97 Å². The van der Waals surface area contributed by atoms with Gasteiger partial charge in [0.1, 0.15) is 35.6 Å². The monoisotopic (exact) mass is 910 g/mol. The number of aromatic nitrogens is 10. The Labute approximate surface area is 370 Å². The molecule has 0 aromatic carbocycles. The molecule has 0 radical (unpaired) electrons. The predicted octanol–water partition coefficient (Wildman–Crippen LogP) is 5.06. The van der Waals surface area contributed by atoms with Crippen LogP contribution in [0.5, 0.6) is 0 Å². The second-order valence-corrected chi connectivity index (χ2v) is 14.2. The van der Waals surface area contributed by atoms with Crippen molar-refractivity contribution in [1.82, 2.24) is 49.5 Å². The van der Waals surface area contributed by atoms with Gasteiger partial charge >= 0.3 is 23.1 Å². The number of hydrogen-bond donors (Lipinski definition) is 0. The summed E-state index contributed by atoms with van der Waals surface area (Å²) in [5.74, 6) is 3.20. The van der Waals surface area contributed by atoms with Crippen molar-refractivity contribution in [3.05, 3.63) is 70.3 Å². The Bertz CT molecular complexity index is 2360. The highest BCUT2D eigenvalue weighted by atomic mass is 32.2. The van der Waals surface area contributed by atoms with Crippen LogP contribution in [0.1, 0.15) is 67.3 Å². The Kier molecular flexibility index (Phi) is 21.3. The molecule has 0 unspecified atom stereocenters. The van der Waals surface area contributed by atoms with E-state index in [2.05, 4.69) is 61.4 Å². The largest absolute Gasteiger partial charge is 0.478 e. The van der Waals surface area contributed by atoms with E-state index < -0.39 is 23.1 Å². The van der Waals surface area contributed by atoms with Crippen LogP contribution in [0.2, 0.25) is 0 Å². The molecule has 0 bridgehead atoms. The van der Waals surface area contributed by atoms with Gasteiger partial charge in [0.25, 0.3) is 11.8 Å². The second-order valence-electron chi connectivity index (χ2n) is 12.9. The Morgan fingerprint density at radius 1 is 0.661 bits per heavy atom. The van der Waals surface area contributed by atoms with Crippen LogP contribution in [-0.2, 0) is 69.2 Å². The Balaban J connectivity index is 0.000000293. The van der Waals surface area contributed by atoms with Crippen molar-refractivity contribution in [1.29, 1.82) is 0 Å². The minimum Gasteiger partial charge on any atom is -0.478 e. The lowest BCUT2D eigenvalue weighted by molar-refractivity contribution is 0.133. The Morgan fingerprint density at radius 2 is 1.08 bits per heavy atom. The van der Waals surface area contributed by atoms with Crippen LogP contribution in [0.25, 0.3) is 45.4 Å². The van der Waals surface area contributed by atoms with E-state index in [0.717, 1.165) is 110 Å². The van der Waals surface area contributed by atoms with Gasteiger partial charge in [-0.2, -0.15) is 38.8 Å². The summed E-state index contributed by atoms with van der Waals surface area (Å²) in [4.78, 5) is 29.4. The molecule has 0 aliphatic rings. The minimum absolute atomic E-state index is 0.404. The molecule has 23 heteroatoms. The number of methoxy groups -OCH3 is 2. The van der Waals surface area contributed by atoms with Crippen molar-refractivity contribution in [3.63, 3.8) is 0 Å². The number of pyridine rings is 2. The molecule has 0 saturated carbocycles. The van der Waals surface area contributed by atoms with Crippen molar-refractivity contribution < 1.29 is 36.0 Å². The van der Waals surface area contributed by atoms with Crippen molar-refractivity contribution in [2.75, 3.05) is 39.4 Å². The van der Waals surface area contributed by atoms with Gasteiger partial charge in [-0.05, 0) is 85.1 Å². The molecule has 0 N–H and O–H groups in total. The fraction of sp³-hybridized carbons (Fsp3) is 0.436. The molecule has 0 atom stereocenters. The molecule has 0 amide bonds. The Morgan fingerprint density at radius 3 is 1.45 bits per heavy atom. The third kappa shape index (κ3) is 13.5. The summed E-state index contributed by atoms with van der Waals surface area (Å²) < 4.78 is 47.8. The highest BCUT2D eigenvalue weighted by Crippen LogP contribution is 2.27. The molecule has 0 spiro atoms. The molecule has 62 heavy (non-hydrogen) atoms. The number of aryl methyl sites for hydroxylation is 6. The number of nitrogens with zero attached hydrogens (tertiary/aromatic N) is 12. The van der Waals surface area contributed by atoms with E-state index in [4.69, 9.17) is 46.0 Å². The van der Waals surface area contributed by atoms with Crippen molar-refractivity contribution in [2.24, 2.45) is 24.4 Å². The number of unbranched alkanes of at least 4 members (excludes halogenated alkanes) is 1. The summed E-state index contributed by atoms with van der Waals surface area (Å²) in [6.07, 6.45) is 9.06. The molecule has 6 aromatic rings. The molecular formula is C39H50N12O8S3. The van der Waals surface area contributed by atoms with Gasteiger partial charge in [0.05, 0.1) is 36.7 Å². The first kappa shape index (κ1) is 50.3. The van der Waals surface area contributed by atoms with Crippen LogP contribution < -0.4 is 0 Å². The van der Waals surface area contributed by atoms with Gasteiger partial charge in [0, 0.05) is 32.2 Å². The molecule has 0 fully saturated rings. The number of thioether (sulfide) groups is 1. The summed E-state index contributed by atoms with van der Waals surface area (Å²) in [6, 6.07) is 7.88. The SMILES string of the molecule is CCCCO/N=C(\OC)c1cnc(-c2nc3cc(C)nnc3n2C)c(CC)c1.CCc1cc(/C(=N/OCCSC)OC)cnc1-c1nc2cc(C)nnc2n1C.O=S=O.O=S=O. The van der Waals surface area contributed by atoms with Gasteiger partial charge in [-0.15, -0.1) is 10.2 Å². The average Bonchev–Trinajstić information content (AvgIpc) is 3.78. The molecule has 332 valence electrons. The first-order chi connectivity index (χ1) is 30.0. The maximum Gasteiger partial charge on any atom is 0.335 e. The fourth-order valence-electron chi connectivity index (χ4n) is 5.73. The molecule has 20 nitrogen and oxygen atoms in total. The number of imidazole rings is 2. The number of hydrogen-bond acceptors (Lipinski definition) is 19. The van der Waals surface area contributed by atoms with Gasteiger partial charge < -0.3 is 28.3 Å². The topological polar surface area (TPSA) is 243 Å². The summed E-state index contributed by atoms with van der Waals surface area (Å²) in [5, 5.41) is 25.0. The van der Waals surface area contributed by atoms with E-state index >= 15 is 0 Å². The average molecular weight is 911 g/mol. The third-order valence-corrected chi connectivity index (χ3v) is 9.31. The molecule has 6 aromatic heterocycles. The zero-order chi connectivity index (χ0) is 45.6. The van der Waals surface area contributed by atoms with E-state index in [-0.39, 0.29) is 0 Å². The van der Waals surface area contributed by atoms with E-state index in [9.17, 15) is 0 Å². The predicted molar refractivity (Wildman–Crippen MR) is 237 cm³/mol. The summed E-state index contributed by atoms with van der Waals surface area (Å²) in [5.41, 5.74) is 9.98. The lowest BCUT2D eigenvalue weighted by Crippen LogP contribution is -2.08. The van der Waals surface area contributed by atoms with Gasteiger partial charge in [0.2, 0.25) is 0 Å². The van der Waals surface area contributed by atoms with E-state index in [1.807, 2.05) is 67.6 Å².